The Morgan fingerprint density at radius 1 is 1.37 bits per heavy atom. The number of amides is 1. The highest BCUT2D eigenvalue weighted by Crippen LogP contribution is 2.19. The Morgan fingerprint density at radius 2 is 2.26 bits per heavy atom. The number of hydrogen-bond acceptors (Lipinski definition) is 3. The van der Waals surface area contributed by atoms with Gasteiger partial charge < -0.3 is 10.6 Å². The summed E-state index contributed by atoms with van der Waals surface area (Å²) in [6.07, 6.45) is 2.70. The van der Waals surface area contributed by atoms with Gasteiger partial charge in [-0.2, -0.15) is 0 Å². The average Bonchev–Trinajstić information content (AvgIpc) is 2.84. The van der Waals surface area contributed by atoms with E-state index in [4.69, 9.17) is 0 Å². The van der Waals surface area contributed by atoms with Crippen molar-refractivity contribution in [3.05, 3.63) is 42.1 Å². The van der Waals surface area contributed by atoms with Crippen LogP contribution in [0.5, 0.6) is 0 Å². The summed E-state index contributed by atoms with van der Waals surface area (Å²) in [6.45, 7) is 3.85. The normalized spacial score (nSPS) is 22.6. The van der Waals surface area contributed by atoms with Crippen molar-refractivity contribution in [2.75, 3.05) is 13.1 Å². The molecule has 98 valence electrons. The van der Waals surface area contributed by atoms with Crippen LogP contribution in [0.25, 0.3) is 10.9 Å². The molecule has 0 radical (unpaired) electrons. The number of carbonyl (C=O) groups excluding carboxylic acids is 1. The number of benzene rings is 1. The fourth-order valence-electron chi connectivity index (χ4n) is 2.57. The van der Waals surface area contributed by atoms with E-state index >= 15 is 0 Å². The van der Waals surface area contributed by atoms with Gasteiger partial charge in [0, 0.05) is 23.7 Å². The van der Waals surface area contributed by atoms with Crippen LogP contribution in [0.1, 0.15) is 23.7 Å². The number of carbonyl (C=O) groups is 1. The van der Waals surface area contributed by atoms with E-state index in [0.717, 1.165) is 30.4 Å². The number of rotatable bonds is 2. The van der Waals surface area contributed by atoms with Crippen molar-refractivity contribution in [2.24, 2.45) is 0 Å². The first kappa shape index (κ1) is 12.1. The third kappa shape index (κ3) is 2.31. The minimum Gasteiger partial charge on any atom is -0.346 e. The van der Waals surface area contributed by atoms with E-state index in [0.29, 0.717) is 5.56 Å². The van der Waals surface area contributed by atoms with Crippen molar-refractivity contribution in [1.29, 1.82) is 0 Å². The fourth-order valence-corrected chi connectivity index (χ4v) is 2.57. The fraction of sp³-hybridized carbons (Fsp3) is 0.333. The van der Waals surface area contributed by atoms with Crippen LogP contribution in [0.4, 0.5) is 0 Å². The maximum Gasteiger partial charge on any atom is 0.252 e. The molecule has 19 heavy (non-hydrogen) atoms. The molecule has 1 amide bonds. The van der Waals surface area contributed by atoms with E-state index in [1.807, 2.05) is 30.3 Å². The van der Waals surface area contributed by atoms with Crippen molar-refractivity contribution in [1.82, 2.24) is 15.6 Å². The van der Waals surface area contributed by atoms with Gasteiger partial charge in [-0.3, -0.25) is 9.78 Å². The molecule has 1 aromatic carbocycles. The number of nitrogens with zero attached hydrogens (tertiary/aromatic N) is 1. The van der Waals surface area contributed by atoms with Gasteiger partial charge in [-0.05, 0) is 38.1 Å². The molecular formula is C15H17N3O. The predicted octanol–water partition coefficient (Wildman–Crippen LogP) is 1.72. The Morgan fingerprint density at radius 3 is 3.05 bits per heavy atom. The first-order chi connectivity index (χ1) is 9.18. The molecule has 1 aliphatic heterocycles. The Hall–Kier alpha value is -1.94. The third-order valence-electron chi connectivity index (χ3n) is 3.67. The second-order valence-electron chi connectivity index (χ2n) is 5.32. The molecule has 2 aromatic rings. The Kier molecular flexibility index (Phi) is 2.95. The Balaban J connectivity index is 1.93. The van der Waals surface area contributed by atoms with Crippen LogP contribution in [-0.4, -0.2) is 29.5 Å². The maximum atomic E-state index is 12.5. The van der Waals surface area contributed by atoms with Gasteiger partial charge in [0.2, 0.25) is 0 Å². The van der Waals surface area contributed by atoms with Gasteiger partial charge in [-0.25, -0.2) is 0 Å². The lowest BCUT2D eigenvalue weighted by atomic mass is 10.00. The van der Waals surface area contributed by atoms with Crippen molar-refractivity contribution in [3.63, 3.8) is 0 Å². The van der Waals surface area contributed by atoms with Crippen molar-refractivity contribution < 1.29 is 4.79 Å². The van der Waals surface area contributed by atoms with Gasteiger partial charge in [0.15, 0.2) is 0 Å². The number of hydrogen-bond donors (Lipinski definition) is 2. The van der Waals surface area contributed by atoms with E-state index in [2.05, 4.69) is 22.5 Å². The first-order valence-electron chi connectivity index (χ1n) is 6.55. The SMILES string of the molecule is CC1(NC(=O)c2cccc3ncccc23)CCNC1. The molecule has 1 atom stereocenters. The lowest BCUT2D eigenvalue weighted by Crippen LogP contribution is -2.47. The molecule has 1 fully saturated rings. The molecule has 0 bridgehead atoms. The summed E-state index contributed by atoms with van der Waals surface area (Å²) in [4.78, 5) is 16.7. The highest BCUT2D eigenvalue weighted by Gasteiger charge is 2.30. The summed E-state index contributed by atoms with van der Waals surface area (Å²) < 4.78 is 0. The molecule has 1 unspecified atom stereocenters. The molecule has 3 rings (SSSR count). The zero-order valence-electron chi connectivity index (χ0n) is 10.9. The molecule has 0 aliphatic carbocycles. The summed E-state index contributed by atoms with van der Waals surface area (Å²) in [6, 6.07) is 9.44. The molecule has 1 aromatic heterocycles. The summed E-state index contributed by atoms with van der Waals surface area (Å²) in [5.74, 6) is -0.0233. The summed E-state index contributed by atoms with van der Waals surface area (Å²) in [5, 5.41) is 7.31. The second kappa shape index (κ2) is 4.63. The molecule has 2 N–H and O–H groups in total. The van der Waals surface area contributed by atoms with Crippen molar-refractivity contribution >= 4 is 16.8 Å². The Labute approximate surface area is 112 Å². The van der Waals surface area contributed by atoms with Crippen LogP contribution in [0.2, 0.25) is 0 Å². The van der Waals surface area contributed by atoms with Gasteiger partial charge in [0.05, 0.1) is 11.1 Å². The smallest absolute Gasteiger partial charge is 0.252 e. The predicted molar refractivity (Wildman–Crippen MR) is 75.1 cm³/mol. The van der Waals surface area contributed by atoms with Crippen LogP contribution in [0.15, 0.2) is 36.5 Å². The maximum absolute atomic E-state index is 12.5. The zero-order valence-corrected chi connectivity index (χ0v) is 10.9. The largest absolute Gasteiger partial charge is 0.346 e. The number of aromatic nitrogens is 1. The molecule has 0 spiro atoms. The monoisotopic (exact) mass is 255 g/mol. The number of fused-ring (bicyclic) bond motifs is 1. The summed E-state index contributed by atoms with van der Waals surface area (Å²) in [5.41, 5.74) is 1.39. The molecule has 1 aliphatic rings. The molecular weight excluding hydrogens is 238 g/mol. The highest BCUT2D eigenvalue weighted by molar-refractivity contribution is 6.06. The van der Waals surface area contributed by atoms with E-state index in [1.165, 1.54) is 0 Å². The third-order valence-corrected chi connectivity index (χ3v) is 3.67. The minimum atomic E-state index is -0.151. The quantitative estimate of drug-likeness (QED) is 0.859. The van der Waals surface area contributed by atoms with Gasteiger partial charge in [0.25, 0.3) is 5.91 Å². The second-order valence-corrected chi connectivity index (χ2v) is 5.32. The van der Waals surface area contributed by atoms with E-state index in [-0.39, 0.29) is 11.4 Å². The van der Waals surface area contributed by atoms with Gasteiger partial charge in [0.1, 0.15) is 0 Å². The lowest BCUT2D eigenvalue weighted by molar-refractivity contribution is 0.0915. The van der Waals surface area contributed by atoms with Crippen LogP contribution in [0, 0.1) is 0 Å². The average molecular weight is 255 g/mol. The van der Waals surface area contributed by atoms with Gasteiger partial charge >= 0.3 is 0 Å². The number of nitrogens with one attached hydrogen (secondary N) is 2. The Bertz CT molecular complexity index is 612. The first-order valence-corrected chi connectivity index (χ1v) is 6.55. The molecule has 4 nitrogen and oxygen atoms in total. The van der Waals surface area contributed by atoms with E-state index in [1.54, 1.807) is 6.20 Å². The van der Waals surface area contributed by atoms with E-state index in [9.17, 15) is 4.79 Å². The van der Waals surface area contributed by atoms with Crippen molar-refractivity contribution in [3.8, 4) is 0 Å². The van der Waals surface area contributed by atoms with Crippen molar-refractivity contribution in [2.45, 2.75) is 18.9 Å². The van der Waals surface area contributed by atoms with Crippen LogP contribution in [0.3, 0.4) is 0 Å². The van der Waals surface area contributed by atoms with Gasteiger partial charge in [-0.1, -0.05) is 12.1 Å². The topological polar surface area (TPSA) is 54.0 Å². The molecule has 4 heteroatoms. The van der Waals surface area contributed by atoms with Crippen LogP contribution in [-0.2, 0) is 0 Å². The lowest BCUT2D eigenvalue weighted by Gasteiger charge is -2.24. The summed E-state index contributed by atoms with van der Waals surface area (Å²) in [7, 11) is 0. The zero-order chi connectivity index (χ0) is 13.3. The van der Waals surface area contributed by atoms with E-state index < -0.39 is 0 Å². The molecule has 0 saturated carbocycles. The van der Waals surface area contributed by atoms with Crippen LogP contribution >= 0.6 is 0 Å². The molecule has 2 heterocycles. The van der Waals surface area contributed by atoms with Gasteiger partial charge in [-0.15, -0.1) is 0 Å². The minimum absolute atomic E-state index is 0.0233. The number of pyridine rings is 1. The highest BCUT2D eigenvalue weighted by atomic mass is 16.1. The van der Waals surface area contributed by atoms with Crippen LogP contribution < -0.4 is 10.6 Å². The summed E-state index contributed by atoms with van der Waals surface area (Å²) >= 11 is 0. The molecule has 1 saturated heterocycles. The standard InChI is InChI=1S/C15H17N3O/c1-15(7-9-16-10-15)18-14(19)12-4-2-6-13-11(12)5-3-8-17-13/h2-6,8,16H,7,9-10H2,1H3,(H,18,19).